The summed E-state index contributed by atoms with van der Waals surface area (Å²) in [7, 11) is -0.900. The fourth-order valence-electron chi connectivity index (χ4n) is 2.64. The average molecular weight is 390 g/mol. The molecule has 0 aliphatic heterocycles. The molecule has 0 radical (unpaired) electrons. The average Bonchev–Trinajstić information content (AvgIpc) is 2.66. The van der Waals surface area contributed by atoms with Crippen LogP contribution >= 0.6 is 0 Å². The van der Waals surface area contributed by atoms with Gasteiger partial charge in [0.25, 0.3) is 0 Å². The van der Waals surface area contributed by atoms with E-state index in [1.807, 2.05) is 31.2 Å². The van der Waals surface area contributed by atoms with Crippen molar-refractivity contribution in [3.63, 3.8) is 0 Å². The van der Waals surface area contributed by atoms with Gasteiger partial charge in [-0.3, -0.25) is 4.79 Å². The van der Waals surface area contributed by atoms with E-state index in [-0.39, 0.29) is 18.5 Å². The number of carbonyl (C=O) groups excluding carboxylic acids is 1. The lowest BCUT2D eigenvalue weighted by molar-refractivity contribution is -0.120. The lowest BCUT2D eigenvalue weighted by Crippen LogP contribution is -2.46. The first-order chi connectivity index (χ1) is 12.8. The van der Waals surface area contributed by atoms with Crippen LogP contribution in [0.2, 0.25) is 0 Å². The highest BCUT2D eigenvalue weighted by Crippen LogP contribution is 2.19. The van der Waals surface area contributed by atoms with Crippen molar-refractivity contribution in [3.05, 3.63) is 65.7 Å². The Labute approximate surface area is 162 Å². The predicted octanol–water partition coefficient (Wildman–Crippen LogP) is 2.74. The molecule has 146 valence electrons. The molecule has 1 N–H and O–H groups in total. The van der Waals surface area contributed by atoms with E-state index in [1.54, 1.807) is 30.3 Å². The van der Waals surface area contributed by atoms with E-state index in [0.29, 0.717) is 5.69 Å². The summed E-state index contributed by atoms with van der Waals surface area (Å²) in [6.07, 6.45) is 0.954. The normalized spacial score (nSPS) is 12.6. The molecule has 2 rings (SSSR count). The summed E-state index contributed by atoms with van der Waals surface area (Å²) in [6, 6.07) is 16.4. The Morgan fingerprint density at radius 1 is 1.04 bits per heavy atom. The fraction of sp³-hybridized carbons (Fsp3) is 0.350. The van der Waals surface area contributed by atoms with E-state index in [9.17, 15) is 13.2 Å². The Morgan fingerprint density at radius 2 is 1.63 bits per heavy atom. The van der Waals surface area contributed by atoms with Gasteiger partial charge in [0.1, 0.15) is 6.54 Å². The monoisotopic (exact) mass is 389 g/mol. The highest BCUT2D eigenvalue weighted by atomic mass is 32.2. The third-order valence-corrected chi connectivity index (χ3v) is 6.16. The number of para-hydroxylation sites is 1. The molecule has 7 heteroatoms. The molecule has 0 saturated carbocycles. The van der Waals surface area contributed by atoms with Gasteiger partial charge in [-0.25, -0.2) is 4.31 Å². The zero-order chi connectivity index (χ0) is 20.0. The largest absolute Gasteiger partial charge is 0.348 e. The molecule has 6 nitrogen and oxygen atoms in total. The summed E-state index contributed by atoms with van der Waals surface area (Å²) in [5, 5.41) is 2.88. The van der Waals surface area contributed by atoms with E-state index in [0.717, 1.165) is 20.6 Å². The van der Waals surface area contributed by atoms with E-state index in [1.165, 1.54) is 19.7 Å². The first-order valence-electron chi connectivity index (χ1n) is 8.89. The van der Waals surface area contributed by atoms with Crippen LogP contribution in [0.15, 0.2) is 54.6 Å². The van der Waals surface area contributed by atoms with Crippen LogP contribution in [0, 0.1) is 0 Å². The highest BCUT2D eigenvalue weighted by molar-refractivity contribution is 7.90. The molecule has 0 spiro atoms. The van der Waals surface area contributed by atoms with Crippen molar-refractivity contribution in [1.82, 2.24) is 9.62 Å². The summed E-state index contributed by atoms with van der Waals surface area (Å²) < 4.78 is 27.5. The van der Waals surface area contributed by atoms with Crippen LogP contribution in [-0.2, 0) is 21.4 Å². The molecule has 1 atom stereocenters. The molecule has 1 unspecified atom stereocenters. The number of hydrogen-bond donors (Lipinski definition) is 1. The van der Waals surface area contributed by atoms with Crippen molar-refractivity contribution in [2.24, 2.45) is 0 Å². The summed E-state index contributed by atoms with van der Waals surface area (Å²) in [5.74, 6) is -0.364. The molecule has 2 aromatic rings. The van der Waals surface area contributed by atoms with Crippen molar-refractivity contribution in [2.75, 3.05) is 24.9 Å². The molecular weight excluding hydrogens is 362 g/mol. The van der Waals surface area contributed by atoms with Crippen LogP contribution in [0.5, 0.6) is 0 Å². The predicted molar refractivity (Wildman–Crippen MR) is 109 cm³/mol. The highest BCUT2D eigenvalue weighted by Gasteiger charge is 2.27. The van der Waals surface area contributed by atoms with Gasteiger partial charge >= 0.3 is 10.2 Å². The number of anilines is 1. The van der Waals surface area contributed by atoms with Crippen molar-refractivity contribution >= 4 is 21.8 Å². The van der Waals surface area contributed by atoms with Crippen molar-refractivity contribution in [3.8, 4) is 0 Å². The number of aryl methyl sites for hydroxylation is 1. The molecule has 0 heterocycles. The lowest BCUT2D eigenvalue weighted by Gasteiger charge is -2.27. The van der Waals surface area contributed by atoms with Gasteiger partial charge < -0.3 is 5.32 Å². The molecule has 0 fully saturated rings. The lowest BCUT2D eigenvalue weighted by atomic mass is 10.1. The number of nitrogens with zero attached hydrogens (tertiary/aromatic N) is 2. The number of amides is 1. The SMILES string of the molecule is CCc1ccc(C(C)NC(=O)CN(c2ccccc2)S(=O)(=O)N(C)C)cc1. The quantitative estimate of drug-likeness (QED) is 0.755. The molecule has 0 aliphatic carbocycles. The van der Waals surface area contributed by atoms with Crippen molar-refractivity contribution in [2.45, 2.75) is 26.3 Å². The first-order valence-corrected chi connectivity index (χ1v) is 10.3. The number of carbonyl (C=O) groups is 1. The molecule has 1 amide bonds. The minimum Gasteiger partial charge on any atom is -0.348 e. The van der Waals surface area contributed by atoms with Crippen LogP contribution in [0.3, 0.4) is 0 Å². The molecule has 0 bridgehead atoms. The summed E-state index contributed by atoms with van der Waals surface area (Å²) in [4.78, 5) is 12.6. The molecule has 0 saturated heterocycles. The third kappa shape index (κ3) is 5.30. The molecular formula is C20H27N3O3S. The molecule has 27 heavy (non-hydrogen) atoms. The number of hydrogen-bond acceptors (Lipinski definition) is 3. The van der Waals surface area contributed by atoms with Gasteiger partial charge in [-0.15, -0.1) is 0 Å². The summed E-state index contributed by atoms with van der Waals surface area (Å²) >= 11 is 0. The third-order valence-electron chi connectivity index (χ3n) is 4.34. The maximum Gasteiger partial charge on any atom is 0.304 e. The van der Waals surface area contributed by atoms with Gasteiger partial charge in [0.05, 0.1) is 11.7 Å². The Bertz CT molecular complexity index is 850. The van der Waals surface area contributed by atoms with E-state index in [2.05, 4.69) is 12.2 Å². The van der Waals surface area contributed by atoms with E-state index < -0.39 is 10.2 Å². The van der Waals surface area contributed by atoms with Gasteiger partial charge in [0.15, 0.2) is 0 Å². The van der Waals surface area contributed by atoms with Crippen molar-refractivity contribution in [1.29, 1.82) is 0 Å². The smallest absolute Gasteiger partial charge is 0.304 e. The maximum absolute atomic E-state index is 12.7. The number of rotatable bonds is 8. The fourth-order valence-corrected chi connectivity index (χ4v) is 3.70. The Hall–Kier alpha value is -2.38. The van der Waals surface area contributed by atoms with E-state index in [4.69, 9.17) is 0 Å². The number of nitrogens with one attached hydrogen (secondary N) is 1. The van der Waals surface area contributed by atoms with Crippen LogP contribution in [0.4, 0.5) is 5.69 Å². The van der Waals surface area contributed by atoms with Crippen LogP contribution in [0.25, 0.3) is 0 Å². The Balaban J connectivity index is 2.15. The van der Waals surface area contributed by atoms with Gasteiger partial charge in [-0.1, -0.05) is 49.4 Å². The van der Waals surface area contributed by atoms with Gasteiger partial charge in [0, 0.05) is 14.1 Å². The second-order valence-electron chi connectivity index (χ2n) is 6.52. The zero-order valence-corrected chi connectivity index (χ0v) is 17.0. The topological polar surface area (TPSA) is 69.7 Å². The standard InChI is InChI=1S/C20H27N3O3S/c1-5-17-11-13-18(14-12-17)16(2)21-20(24)15-23(27(25,26)22(3)4)19-9-7-6-8-10-19/h6-14,16H,5,15H2,1-4H3,(H,21,24). The maximum atomic E-state index is 12.7. The molecule has 2 aromatic carbocycles. The van der Waals surface area contributed by atoms with Crippen LogP contribution in [-0.4, -0.2) is 39.3 Å². The van der Waals surface area contributed by atoms with Crippen molar-refractivity contribution < 1.29 is 13.2 Å². The van der Waals surface area contributed by atoms with Gasteiger partial charge in [-0.2, -0.15) is 12.7 Å². The summed E-state index contributed by atoms with van der Waals surface area (Å²) in [6.45, 7) is 3.68. The van der Waals surface area contributed by atoms with E-state index >= 15 is 0 Å². The minimum absolute atomic E-state index is 0.219. The second-order valence-corrected chi connectivity index (χ2v) is 8.58. The first kappa shape index (κ1) is 20.9. The minimum atomic E-state index is -3.79. The van der Waals surface area contributed by atoms with Gasteiger partial charge in [-0.05, 0) is 36.6 Å². The van der Waals surface area contributed by atoms with Crippen LogP contribution < -0.4 is 9.62 Å². The second kappa shape index (κ2) is 9.01. The molecule has 0 aliphatic rings. The molecule has 0 aromatic heterocycles. The van der Waals surface area contributed by atoms with Crippen LogP contribution in [0.1, 0.15) is 31.0 Å². The Morgan fingerprint density at radius 3 is 2.15 bits per heavy atom. The zero-order valence-electron chi connectivity index (χ0n) is 16.2. The summed E-state index contributed by atoms with van der Waals surface area (Å²) in [5.41, 5.74) is 2.65. The Kier molecular flexibility index (Phi) is 6.98. The number of benzene rings is 2. The van der Waals surface area contributed by atoms with Gasteiger partial charge in [0.2, 0.25) is 5.91 Å².